The molecule has 1 N–H and O–H groups in total. The molecule has 4 rings (SSSR count). The van der Waals surface area contributed by atoms with E-state index in [1.807, 2.05) is 5.38 Å². The predicted molar refractivity (Wildman–Crippen MR) is 128 cm³/mol. The zero-order chi connectivity index (χ0) is 21.8. The van der Waals surface area contributed by atoms with Gasteiger partial charge in [0.05, 0.1) is 11.4 Å². The fourth-order valence-corrected chi connectivity index (χ4v) is 5.56. The molecule has 6 nitrogen and oxygen atoms in total. The standard InChI is InChI=1S/C23H29N5OS2/c1-4-28-21(17-8-6-5-7-9-17)26-27-23(28)31-14-20(29)25-22-24-19(13-30-22)18-11-10-15(2)16(3)12-18/h10-13,17H,4-9,14H2,1-3H3,(H,24,25,29). The van der Waals surface area contributed by atoms with Crippen molar-refractivity contribution >= 4 is 34.1 Å². The van der Waals surface area contributed by atoms with Crippen LogP contribution >= 0.6 is 23.1 Å². The second kappa shape index (κ2) is 9.96. The van der Waals surface area contributed by atoms with Crippen molar-refractivity contribution in [3.8, 4) is 11.3 Å². The van der Waals surface area contributed by atoms with Gasteiger partial charge in [-0.2, -0.15) is 0 Å². The molecule has 2 aromatic heterocycles. The van der Waals surface area contributed by atoms with Gasteiger partial charge in [0, 0.05) is 23.4 Å². The van der Waals surface area contributed by atoms with Crippen molar-refractivity contribution in [3.05, 3.63) is 40.5 Å². The minimum absolute atomic E-state index is 0.0733. The van der Waals surface area contributed by atoms with Gasteiger partial charge < -0.3 is 9.88 Å². The molecule has 0 bridgehead atoms. The summed E-state index contributed by atoms with van der Waals surface area (Å²) in [6.07, 6.45) is 6.24. The van der Waals surface area contributed by atoms with Crippen LogP contribution in [0.4, 0.5) is 5.13 Å². The van der Waals surface area contributed by atoms with Gasteiger partial charge in [0.2, 0.25) is 5.91 Å². The largest absolute Gasteiger partial charge is 0.306 e. The maximum absolute atomic E-state index is 12.5. The molecule has 1 amide bonds. The molecule has 3 aromatic rings. The van der Waals surface area contributed by atoms with Gasteiger partial charge in [0.15, 0.2) is 10.3 Å². The van der Waals surface area contributed by atoms with Crippen LogP contribution in [0.15, 0.2) is 28.7 Å². The number of hydrogen-bond acceptors (Lipinski definition) is 6. The van der Waals surface area contributed by atoms with Crippen molar-refractivity contribution < 1.29 is 4.79 Å². The van der Waals surface area contributed by atoms with E-state index >= 15 is 0 Å². The van der Waals surface area contributed by atoms with E-state index in [0.29, 0.717) is 16.8 Å². The van der Waals surface area contributed by atoms with Crippen molar-refractivity contribution in [1.29, 1.82) is 0 Å². The predicted octanol–water partition coefficient (Wildman–Crippen LogP) is 5.82. The molecule has 2 heterocycles. The van der Waals surface area contributed by atoms with Gasteiger partial charge in [-0.25, -0.2) is 4.98 Å². The van der Waals surface area contributed by atoms with E-state index < -0.39 is 0 Å². The Kier molecular flexibility index (Phi) is 7.07. The normalized spacial score (nSPS) is 14.7. The van der Waals surface area contributed by atoms with Crippen LogP contribution in [0.3, 0.4) is 0 Å². The topological polar surface area (TPSA) is 72.7 Å². The van der Waals surface area contributed by atoms with E-state index in [9.17, 15) is 4.79 Å². The lowest BCUT2D eigenvalue weighted by Crippen LogP contribution is -2.15. The molecule has 0 atom stereocenters. The third-order valence-electron chi connectivity index (χ3n) is 5.92. The first-order valence-electron chi connectivity index (χ1n) is 10.9. The second-order valence-corrected chi connectivity index (χ2v) is 9.89. The third kappa shape index (κ3) is 5.18. The maximum Gasteiger partial charge on any atom is 0.236 e. The number of rotatable bonds is 7. The zero-order valence-electron chi connectivity index (χ0n) is 18.4. The number of anilines is 1. The molecule has 0 spiro atoms. The number of hydrogen-bond donors (Lipinski definition) is 1. The average molecular weight is 456 g/mol. The lowest BCUT2D eigenvalue weighted by molar-refractivity contribution is -0.113. The van der Waals surface area contributed by atoms with Gasteiger partial charge >= 0.3 is 0 Å². The molecule has 0 aliphatic heterocycles. The summed E-state index contributed by atoms with van der Waals surface area (Å²) in [5.41, 5.74) is 4.45. The Balaban J connectivity index is 1.36. The SMILES string of the molecule is CCn1c(SCC(=O)Nc2nc(-c3ccc(C)c(C)c3)cs2)nnc1C1CCCCC1. The molecule has 0 radical (unpaired) electrons. The van der Waals surface area contributed by atoms with Crippen molar-refractivity contribution in [2.75, 3.05) is 11.1 Å². The van der Waals surface area contributed by atoms with Crippen molar-refractivity contribution in [1.82, 2.24) is 19.7 Å². The van der Waals surface area contributed by atoms with Crippen molar-refractivity contribution in [3.63, 3.8) is 0 Å². The monoisotopic (exact) mass is 455 g/mol. The fraction of sp³-hybridized carbons (Fsp3) is 0.478. The van der Waals surface area contributed by atoms with Gasteiger partial charge in [0.1, 0.15) is 5.82 Å². The summed E-state index contributed by atoms with van der Waals surface area (Å²) >= 11 is 2.89. The van der Waals surface area contributed by atoms with Crippen LogP contribution < -0.4 is 5.32 Å². The van der Waals surface area contributed by atoms with Gasteiger partial charge in [-0.05, 0) is 50.8 Å². The Hall–Kier alpha value is -2.19. The lowest BCUT2D eigenvalue weighted by atomic mass is 9.89. The average Bonchev–Trinajstić information content (AvgIpc) is 3.41. The van der Waals surface area contributed by atoms with Crippen molar-refractivity contribution in [2.45, 2.75) is 70.5 Å². The van der Waals surface area contributed by atoms with E-state index in [4.69, 9.17) is 0 Å². The van der Waals surface area contributed by atoms with Crippen LogP contribution in [-0.2, 0) is 11.3 Å². The van der Waals surface area contributed by atoms with Crippen LogP contribution in [0.1, 0.15) is 61.9 Å². The molecule has 8 heteroatoms. The number of thioether (sulfide) groups is 1. The number of nitrogens with one attached hydrogen (secondary N) is 1. The van der Waals surface area contributed by atoms with E-state index in [0.717, 1.165) is 28.8 Å². The summed E-state index contributed by atoms with van der Waals surface area (Å²) in [5, 5.41) is 15.2. The first kappa shape index (κ1) is 22.0. The number of carbonyl (C=O) groups is 1. The lowest BCUT2D eigenvalue weighted by Gasteiger charge is -2.21. The summed E-state index contributed by atoms with van der Waals surface area (Å²) < 4.78 is 2.18. The Morgan fingerprint density at radius 2 is 2.00 bits per heavy atom. The Morgan fingerprint density at radius 1 is 1.19 bits per heavy atom. The van der Waals surface area contributed by atoms with Crippen molar-refractivity contribution in [2.24, 2.45) is 0 Å². The number of amides is 1. The van der Waals surface area contributed by atoms with E-state index in [2.05, 4.69) is 64.0 Å². The van der Waals surface area contributed by atoms with Crippen LogP contribution in [0.2, 0.25) is 0 Å². The Morgan fingerprint density at radius 3 is 2.74 bits per heavy atom. The highest BCUT2D eigenvalue weighted by Gasteiger charge is 2.23. The molecule has 164 valence electrons. The summed E-state index contributed by atoms with van der Waals surface area (Å²) in [6.45, 7) is 7.14. The number of thiazole rings is 1. The van der Waals surface area contributed by atoms with E-state index in [1.165, 1.54) is 66.3 Å². The quantitative estimate of drug-likeness (QED) is 0.455. The minimum Gasteiger partial charge on any atom is -0.306 e. The van der Waals surface area contributed by atoms with E-state index in [-0.39, 0.29) is 5.91 Å². The molecule has 0 unspecified atom stereocenters. The zero-order valence-corrected chi connectivity index (χ0v) is 20.0. The fourth-order valence-electron chi connectivity index (χ4n) is 4.02. The second-order valence-electron chi connectivity index (χ2n) is 8.09. The molecule has 1 aliphatic carbocycles. The molecule has 1 fully saturated rings. The summed E-state index contributed by atoms with van der Waals surface area (Å²) in [7, 11) is 0. The third-order valence-corrected chi connectivity index (χ3v) is 7.64. The first-order chi connectivity index (χ1) is 15.0. The van der Waals surface area contributed by atoms with Gasteiger partial charge in [-0.1, -0.05) is 43.2 Å². The van der Waals surface area contributed by atoms with Gasteiger partial charge in [-0.15, -0.1) is 21.5 Å². The number of benzene rings is 1. The van der Waals surface area contributed by atoms with Crippen LogP contribution in [0.5, 0.6) is 0 Å². The van der Waals surface area contributed by atoms with Crippen LogP contribution in [-0.4, -0.2) is 31.4 Å². The summed E-state index contributed by atoms with van der Waals surface area (Å²) in [6, 6.07) is 6.30. The summed E-state index contributed by atoms with van der Waals surface area (Å²) in [5.74, 6) is 1.81. The van der Waals surface area contributed by atoms with Crippen LogP contribution in [0.25, 0.3) is 11.3 Å². The van der Waals surface area contributed by atoms with E-state index in [1.54, 1.807) is 0 Å². The number of aryl methyl sites for hydroxylation is 2. The number of nitrogens with zero attached hydrogens (tertiary/aromatic N) is 4. The highest BCUT2D eigenvalue weighted by molar-refractivity contribution is 7.99. The molecule has 0 saturated heterocycles. The Labute approximate surface area is 191 Å². The highest BCUT2D eigenvalue weighted by Crippen LogP contribution is 2.33. The molecule has 31 heavy (non-hydrogen) atoms. The Bertz CT molecular complexity index is 1050. The number of carbonyl (C=O) groups excluding carboxylic acids is 1. The molecule has 1 saturated carbocycles. The molecule has 1 aliphatic rings. The minimum atomic E-state index is -0.0733. The maximum atomic E-state index is 12.5. The highest BCUT2D eigenvalue weighted by atomic mass is 32.2. The summed E-state index contributed by atoms with van der Waals surface area (Å²) in [4.78, 5) is 17.1. The first-order valence-corrected chi connectivity index (χ1v) is 12.8. The van der Waals surface area contributed by atoms with Gasteiger partial charge in [0.25, 0.3) is 0 Å². The smallest absolute Gasteiger partial charge is 0.236 e. The number of aromatic nitrogens is 4. The van der Waals surface area contributed by atoms with Crippen LogP contribution in [0, 0.1) is 13.8 Å². The molecular formula is C23H29N5OS2. The molecule has 1 aromatic carbocycles. The van der Waals surface area contributed by atoms with Gasteiger partial charge in [-0.3, -0.25) is 4.79 Å². The molecular weight excluding hydrogens is 426 g/mol.